The normalized spacial score (nSPS) is 14.6. The average Bonchev–Trinajstić information content (AvgIpc) is 3.10. The van der Waals surface area contributed by atoms with E-state index in [9.17, 15) is 0 Å². The molecule has 1 aromatic carbocycles. The number of aromatic nitrogens is 5. The SMILES string of the molecule is C=CCn1c(-c2ccc(OC)cc2)nn(C[NH+]2CCN(c3ncccn3)CC2)c1=S. The van der Waals surface area contributed by atoms with Gasteiger partial charge in [0.05, 0.1) is 33.3 Å². The lowest BCUT2D eigenvalue weighted by molar-refractivity contribution is -0.924. The molecule has 3 heterocycles. The number of anilines is 1. The molecule has 1 saturated heterocycles. The Morgan fingerprint density at radius 1 is 1.17 bits per heavy atom. The molecule has 0 saturated carbocycles. The highest BCUT2D eigenvalue weighted by Gasteiger charge is 2.23. The summed E-state index contributed by atoms with van der Waals surface area (Å²) in [6.45, 7) is 9.00. The van der Waals surface area contributed by atoms with Crippen LogP contribution < -0.4 is 14.5 Å². The molecule has 0 unspecified atom stereocenters. The first kappa shape index (κ1) is 20.2. The van der Waals surface area contributed by atoms with Crippen molar-refractivity contribution in [1.82, 2.24) is 24.3 Å². The fourth-order valence-electron chi connectivity index (χ4n) is 3.64. The molecular formula is C21H26N7OS+. The van der Waals surface area contributed by atoms with Gasteiger partial charge in [-0.2, -0.15) is 4.68 Å². The van der Waals surface area contributed by atoms with Crippen LogP contribution in [0.3, 0.4) is 0 Å². The zero-order chi connectivity index (χ0) is 20.9. The maximum Gasteiger partial charge on any atom is 0.225 e. The Morgan fingerprint density at radius 3 is 2.50 bits per heavy atom. The molecule has 156 valence electrons. The topological polar surface area (TPSA) is 65.4 Å². The second-order valence-corrected chi connectivity index (χ2v) is 7.54. The van der Waals surface area contributed by atoms with Gasteiger partial charge in [0.15, 0.2) is 12.5 Å². The summed E-state index contributed by atoms with van der Waals surface area (Å²) in [5, 5.41) is 4.85. The van der Waals surface area contributed by atoms with Gasteiger partial charge in [-0.05, 0) is 42.5 Å². The molecule has 0 spiro atoms. The largest absolute Gasteiger partial charge is 0.497 e. The van der Waals surface area contributed by atoms with E-state index in [1.165, 1.54) is 4.90 Å². The van der Waals surface area contributed by atoms with Crippen LogP contribution in [0.4, 0.5) is 5.95 Å². The monoisotopic (exact) mass is 424 g/mol. The van der Waals surface area contributed by atoms with Crippen molar-refractivity contribution in [1.29, 1.82) is 0 Å². The van der Waals surface area contributed by atoms with Gasteiger partial charge in [-0.25, -0.2) is 9.97 Å². The molecule has 30 heavy (non-hydrogen) atoms. The molecule has 1 aliphatic rings. The Labute approximate surface area is 181 Å². The van der Waals surface area contributed by atoms with E-state index < -0.39 is 0 Å². The highest BCUT2D eigenvalue weighted by Crippen LogP contribution is 2.21. The van der Waals surface area contributed by atoms with E-state index in [1.54, 1.807) is 19.5 Å². The molecule has 3 aromatic rings. The summed E-state index contributed by atoms with van der Waals surface area (Å²) < 4.78 is 9.94. The van der Waals surface area contributed by atoms with E-state index in [0.29, 0.717) is 11.3 Å². The minimum atomic E-state index is 0.620. The Hall–Kier alpha value is -3.04. The van der Waals surface area contributed by atoms with Gasteiger partial charge in [-0.1, -0.05) is 6.08 Å². The molecule has 2 aromatic heterocycles. The van der Waals surface area contributed by atoms with E-state index in [-0.39, 0.29) is 0 Å². The standard InChI is InChI=1S/C21H25N7OS/c1-3-11-27-19(17-5-7-18(29-2)8-6-17)24-28(21(27)30)16-25-12-14-26(15-13-25)20-22-9-4-10-23-20/h3-10H,1,11-16H2,2H3/p+1. The highest BCUT2D eigenvalue weighted by atomic mass is 32.1. The predicted octanol–water partition coefficient (Wildman–Crippen LogP) is 1.43. The van der Waals surface area contributed by atoms with Gasteiger partial charge in [-0.3, -0.25) is 4.57 Å². The quantitative estimate of drug-likeness (QED) is 0.457. The first-order valence-corrected chi connectivity index (χ1v) is 10.4. The van der Waals surface area contributed by atoms with Crippen LogP contribution in [0.2, 0.25) is 0 Å². The summed E-state index contributed by atoms with van der Waals surface area (Å²) in [5.74, 6) is 2.46. The molecule has 1 aliphatic heterocycles. The highest BCUT2D eigenvalue weighted by molar-refractivity contribution is 7.71. The van der Waals surface area contributed by atoms with Crippen molar-refractivity contribution in [2.45, 2.75) is 13.2 Å². The molecule has 1 N–H and O–H groups in total. The van der Waals surface area contributed by atoms with Gasteiger partial charge in [0.25, 0.3) is 0 Å². The minimum Gasteiger partial charge on any atom is -0.497 e. The third-order valence-electron chi connectivity index (χ3n) is 5.26. The molecular weight excluding hydrogens is 398 g/mol. The summed E-state index contributed by atoms with van der Waals surface area (Å²) in [4.78, 5) is 12.4. The number of nitrogens with one attached hydrogen (secondary N) is 1. The zero-order valence-electron chi connectivity index (χ0n) is 17.1. The number of allylic oxidation sites excluding steroid dienone is 1. The van der Waals surface area contributed by atoms with Gasteiger partial charge in [0.2, 0.25) is 10.7 Å². The third-order valence-corrected chi connectivity index (χ3v) is 5.69. The summed E-state index contributed by atoms with van der Waals surface area (Å²) in [5.41, 5.74) is 1.00. The number of rotatable bonds is 7. The number of methoxy groups -OCH3 is 1. The van der Waals surface area contributed by atoms with Crippen LogP contribution in [-0.2, 0) is 13.2 Å². The van der Waals surface area contributed by atoms with Gasteiger partial charge in [-0.15, -0.1) is 11.7 Å². The smallest absolute Gasteiger partial charge is 0.225 e. The van der Waals surface area contributed by atoms with Crippen LogP contribution in [0.5, 0.6) is 5.75 Å². The van der Waals surface area contributed by atoms with Crippen LogP contribution in [0.25, 0.3) is 11.4 Å². The minimum absolute atomic E-state index is 0.620. The number of benzene rings is 1. The second kappa shape index (κ2) is 9.19. The van der Waals surface area contributed by atoms with Crippen molar-refractivity contribution in [3.8, 4) is 17.1 Å². The van der Waals surface area contributed by atoms with Crippen LogP contribution in [0.15, 0.2) is 55.4 Å². The number of ether oxygens (including phenoxy) is 1. The number of piperazine rings is 1. The molecule has 8 nitrogen and oxygen atoms in total. The lowest BCUT2D eigenvalue weighted by Crippen LogP contribution is -3.14. The molecule has 0 bridgehead atoms. The average molecular weight is 425 g/mol. The second-order valence-electron chi connectivity index (χ2n) is 7.18. The van der Waals surface area contributed by atoms with Crippen molar-refractivity contribution in [3.63, 3.8) is 0 Å². The maximum atomic E-state index is 5.74. The van der Waals surface area contributed by atoms with Crippen LogP contribution in [0, 0.1) is 4.77 Å². The van der Waals surface area contributed by atoms with E-state index in [0.717, 1.165) is 55.9 Å². The zero-order valence-corrected chi connectivity index (χ0v) is 17.9. The number of nitrogens with zero attached hydrogens (tertiary/aromatic N) is 6. The molecule has 1 fully saturated rings. The number of quaternary nitrogens is 1. The third kappa shape index (κ3) is 4.27. The maximum absolute atomic E-state index is 5.74. The fourth-order valence-corrected chi connectivity index (χ4v) is 3.91. The van der Waals surface area contributed by atoms with Crippen molar-refractivity contribution < 1.29 is 9.64 Å². The molecule has 9 heteroatoms. The first-order valence-electron chi connectivity index (χ1n) is 9.98. The molecule has 0 aliphatic carbocycles. The Kier molecular flexibility index (Phi) is 6.20. The summed E-state index contributed by atoms with van der Waals surface area (Å²) in [6, 6.07) is 9.72. The van der Waals surface area contributed by atoms with Crippen molar-refractivity contribution in [2.24, 2.45) is 0 Å². The Bertz CT molecular complexity index is 1040. The van der Waals surface area contributed by atoms with E-state index >= 15 is 0 Å². The van der Waals surface area contributed by atoms with Crippen molar-refractivity contribution in [3.05, 3.63) is 60.2 Å². The summed E-state index contributed by atoms with van der Waals surface area (Å²) >= 11 is 5.74. The van der Waals surface area contributed by atoms with Gasteiger partial charge in [0.1, 0.15) is 5.75 Å². The summed E-state index contributed by atoms with van der Waals surface area (Å²) in [7, 11) is 1.66. The lowest BCUT2D eigenvalue weighted by Gasteiger charge is -2.31. The van der Waals surface area contributed by atoms with Crippen LogP contribution in [-0.4, -0.2) is 57.6 Å². The van der Waals surface area contributed by atoms with Crippen molar-refractivity contribution >= 4 is 18.2 Å². The van der Waals surface area contributed by atoms with E-state index in [2.05, 4.69) is 21.4 Å². The fraction of sp³-hybridized carbons (Fsp3) is 0.333. The first-order chi connectivity index (χ1) is 14.7. The van der Waals surface area contributed by atoms with Gasteiger partial charge in [0, 0.05) is 24.5 Å². The lowest BCUT2D eigenvalue weighted by atomic mass is 10.2. The summed E-state index contributed by atoms with van der Waals surface area (Å²) in [6.07, 6.45) is 5.42. The Morgan fingerprint density at radius 2 is 1.87 bits per heavy atom. The van der Waals surface area contributed by atoms with Crippen LogP contribution >= 0.6 is 12.2 Å². The molecule has 0 atom stereocenters. The van der Waals surface area contributed by atoms with Gasteiger partial charge < -0.3 is 14.5 Å². The van der Waals surface area contributed by atoms with E-state index in [1.807, 2.05) is 45.7 Å². The van der Waals surface area contributed by atoms with Crippen LogP contribution in [0.1, 0.15) is 0 Å². The van der Waals surface area contributed by atoms with Gasteiger partial charge >= 0.3 is 0 Å². The van der Waals surface area contributed by atoms with Crippen molar-refractivity contribution in [2.75, 3.05) is 38.2 Å². The number of hydrogen-bond acceptors (Lipinski definition) is 6. The molecule has 0 amide bonds. The molecule has 4 rings (SSSR count). The molecule has 0 radical (unpaired) electrons. The van der Waals surface area contributed by atoms with E-state index in [4.69, 9.17) is 22.1 Å². The predicted molar refractivity (Wildman–Crippen MR) is 118 cm³/mol. The Balaban J connectivity index is 1.50. The number of hydrogen-bond donors (Lipinski definition) is 1.